The summed E-state index contributed by atoms with van der Waals surface area (Å²) in [6, 6.07) is 0. The highest BCUT2D eigenvalue weighted by molar-refractivity contribution is 5.94. The Labute approximate surface area is 125 Å². The van der Waals surface area contributed by atoms with Crippen LogP contribution < -0.4 is 5.73 Å². The Hall–Kier alpha value is -2.14. The number of hydrogen-bond donors (Lipinski definition) is 5. The molecular weight excluding hydrogens is 296 g/mol. The maximum absolute atomic E-state index is 12.3. The second-order valence-corrected chi connectivity index (χ2v) is 4.35. The monoisotopic (exact) mass is 314 g/mol. The van der Waals surface area contributed by atoms with Gasteiger partial charge >= 0.3 is 0 Å². The zero-order valence-electron chi connectivity index (χ0n) is 11.7. The highest BCUT2D eigenvalue weighted by atomic mass is 16.3. The molecule has 0 aliphatic rings. The molecule has 6 N–H and O–H groups in total. The number of aliphatic hydroxyl groups excluding tert-OH is 4. The van der Waals surface area contributed by atoms with E-state index in [0.29, 0.717) is 4.90 Å². The summed E-state index contributed by atoms with van der Waals surface area (Å²) in [4.78, 5) is 31.2. The molecule has 0 fully saturated rings. The summed E-state index contributed by atoms with van der Waals surface area (Å²) in [5, 5.41) is 37.4. The molecule has 0 aliphatic carbocycles. The number of carbonyl (C=O) groups excluding carboxylic acids is 2. The molecule has 0 aliphatic heterocycles. The smallest absolute Gasteiger partial charge is 0.278 e. The fourth-order valence-corrected chi connectivity index (χ4v) is 1.68. The topological polar surface area (TPSA) is 170 Å². The first kappa shape index (κ1) is 17.9. The van der Waals surface area contributed by atoms with Gasteiger partial charge in [-0.3, -0.25) is 14.5 Å². The molecule has 1 heterocycles. The van der Waals surface area contributed by atoms with Crippen LogP contribution in [0, 0.1) is 0 Å². The van der Waals surface area contributed by atoms with Crippen LogP contribution in [0.4, 0.5) is 0 Å². The Kier molecular flexibility index (Phi) is 6.79. The number of nitrogens with zero attached hydrogens (tertiary/aromatic N) is 3. The normalized spacial score (nSPS) is 13.5. The van der Waals surface area contributed by atoms with E-state index >= 15 is 0 Å². The molecule has 0 bridgehead atoms. The van der Waals surface area contributed by atoms with E-state index in [1.807, 2.05) is 0 Å². The van der Waals surface area contributed by atoms with E-state index < -0.39 is 37.5 Å². The maximum Gasteiger partial charge on any atom is 0.278 e. The van der Waals surface area contributed by atoms with Gasteiger partial charge in [-0.15, -0.1) is 0 Å². The van der Waals surface area contributed by atoms with Gasteiger partial charge in [-0.1, -0.05) is 0 Å². The summed E-state index contributed by atoms with van der Waals surface area (Å²) in [7, 11) is 0. The second kappa shape index (κ2) is 8.34. The van der Waals surface area contributed by atoms with E-state index in [-0.39, 0.29) is 24.2 Å². The van der Waals surface area contributed by atoms with Gasteiger partial charge in [-0.2, -0.15) is 0 Å². The van der Waals surface area contributed by atoms with Gasteiger partial charge in [0, 0.05) is 26.1 Å². The van der Waals surface area contributed by atoms with Crippen molar-refractivity contribution in [2.24, 2.45) is 5.73 Å². The minimum atomic E-state index is -1.48. The van der Waals surface area contributed by atoms with Crippen LogP contribution in [0.25, 0.3) is 0 Å². The maximum atomic E-state index is 12.3. The van der Waals surface area contributed by atoms with E-state index in [1.165, 1.54) is 0 Å². The van der Waals surface area contributed by atoms with Crippen molar-refractivity contribution in [3.8, 4) is 0 Å². The van der Waals surface area contributed by atoms with Crippen molar-refractivity contribution in [2.75, 3.05) is 13.2 Å². The number of aliphatic hydroxyl groups is 4. The molecule has 122 valence electrons. The van der Waals surface area contributed by atoms with Crippen molar-refractivity contribution in [2.45, 2.75) is 25.3 Å². The van der Waals surface area contributed by atoms with Crippen LogP contribution in [0.2, 0.25) is 0 Å². The molecule has 2 amide bonds. The Morgan fingerprint density at radius 3 is 1.86 bits per heavy atom. The summed E-state index contributed by atoms with van der Waals surface area (Å²) in [5.74, 6) is -1.69. The lowest BCUT2D eigenvalue weighted by Crippen LogP contribution is -2.48. The third-order valence-corrected chi connectivity index (χ3v) is 2.77. The molecule has 0 saturated carbocycles. The number of aromatic nitrogens is 2. The molecule has 0 aromatic carbocycles. The largest absolute Gasteiger partial charge is 0.396 e. The van der Waals surface area contributed by atoms with Gasteiger partial charge in [0.15, 0.2) is 0 Å². The first-order valence-corrected chi connectivity index (χ1v) is 6.44. The van der Waals surface area contributed by atoms with Crippen LogP contribution in [0.1, 0.15) is 33.8 Å². The average Bonchev–Trinajstić information content (AvgIpc) is 2.48. The van der Waals surface area contributed by atoms with E-state index in [1.54, 1.807) is 0 Å². The summed E-state index contributed by atoms with van der Waals surface area (Å²) in [5.41, 5.74) is 4.62. The van der Waals surface area contributed by atoms with Crippen LogP contribution in [0.15, 0.2) is 12.4 Å². The van der Waals surface area contributed by atoms with Gasteiger partial charge < -0.3 is 26.2 Å². The molecule has 0 saturated heterocycles. The Morgan fingerprint density at radius 2 is 1.50 bits per heavy atom. The number of amides is 2. The van der Waals surface area contributed by atoms with Crippen LogP contribution in [0.5, 0.6) is 0 Å². The fourth-order valence-electron chi connectivity index (χ4n) is 1.68. The summed E-state index contributed by atoms with van der Waals surface area (Å²) in [6.07, 6.45) is -1.37. The molecule has 1 rings (SSSR count). The standard InChI is InChI=1S/C12H18N4O6/c13-11(21)7-5-15-8(6-14-7)12(22)16(9(19)1-3-17)10(20)2-4-18/h5-6,9-10,17-20H,1-4H2,(H2,13,21). The summed E-state index contributed by atoms with van der Waals surface area (Å²) >= 11 is 0. The minimum absolute atomic E-state index is 0.144. The first-order chi connectivity index (χ1) is 10.4. The SMILES string of the molecule is NC(=O)c1cnc(C(=O)N(C(O)CCO)C(O)CCO)cn1. The fraction of sp³-hybridized carbons (Fsp3) is 0.500. The number of primary amides is 1. The number of nitrogens with two attached hydrogens (primary N) is 1. The number of rotatable bonds is 8. The van der Waals surface area contributed by atoms with E-state index in [2.05, 4.69) is 9.97 Å². The van der Waals surface area contributed by atoms with Crippen LogP contribution >= 0.6 is 0 Å². The van der Waals surface area contributed by atoms with Gasteiger partial charge in [-0.25, -0.2) is 9.97 Å². The van der Waals surface area contributed by atoms with Gasteiger partial charge in [0.05, 0.1) is 12.4 Å². The van der Waals surface area contributed by atoms with Crippen LogP contribution in [-0.2, 0) is 0 Å². The zero-order chi connectivity index (χ0) is 16.7. The van der Waals surface area contributed by atoms with Crippen molar-refractivity contribution >= 4 is 11.8 Å². The number of hydrogen-bond acceptors (Lipinski definition) is 8. The molecule has 1 aromatic heterocycles. The highest BCUT2D eigenvalue weighted by Gasteiger charge is 2.29. The average molecular weight is 314 g/mol. The van der Waals surface area contributed by atoms with Gasteiger partial charge in [0.2, 0.25) is 0 Å². The van der Waals surface area contributed by atoms with Gasteiger partial charge in [0.1, 0.15) is 23.8 Å². The van der Waals surface area contributed by atoms with Gasteiger partial charge in [-0.05, 0) is 0 Å². The van der Waals surface area contributed by atoms with Crippen molar-refractivity contribution < 1.29 is 30.0 Å². The van der Waals surface area contributed by atoms with Crippen molar-refractivity contribution in [1.29, 1.82) is 0 Å². The first-order valence-electron chi connectivity index (χ1n) is 6.44. The predicted molar refractivity (Wildman–Crippen MR) is 72.1 cm³/mol. The molecule has 2 unspecified atom stereocenters. The Balaban J connectivity index is 3.01. The summed E-state index contributed by atoms with van der Waals surface area (Å²) < 4.78 is 0. The van der Waals surface area contributed by atoms with Crippen LogP contribution in [-0.4, -0.2) is 72.8 Å². The predicted octanol–water partition coefficient (Wildman–Crippen LogP) is -2.58. The summed E-state index contributed by atoms with van der Waals surface area (Å²) in [6.45, 7) is -0.827. The molecule has 0 spiro atoms. The molecule has 10 heteroatoms. The lowest BCUT2D eigenvalue weighted by atomic mass is 10.2. The lowest BCUT2D eigenvalue weighted by Gasteiger charge is -2.31. The molecule has 1 aromatic rings. The van der Waals surface area contributed by atoms with Crippen LogP contribution in [0.3, 0.4) is 0 Å². The molecule has 0 radical (unpaired) electrons. The highest BCUT2D eigenvalue weighted by Crippen LogP contribution is 2.13. The van der Waals surface area contributed by atoms with E-state index in [0.717, 1.165) is 12.4 Å². The minimum Gasteiger partial charge on any atom is -0.396 e. The Bertz CT molecular complexity index is 497. The lowest BCUT2D eigenvalue weighted by molar-refractivity contribution is -0.0901. The Morgan fingerprint density at radius 1 is 1.05 bits per heavy atom. The molecule has 10 nitrogen and oxygen atoms in total. The second-order valence-electron chi connectivity index (χ2n) is 4.35. The van der Waals surface area contributed by atoms with E-state index in [4.69, 9.17) is 15.9 Å². The van der Waals surface area contributed by atoms with Crippen molar-refractivity contribution in [3.05, 3.63) is 23.8 Å². The number of carbonyl (C=O) groups is 2. The van der Waals surface area contributed by atoms with Crippen molar-refractivity contribution in [1.82, 2.24) is 14.9 Å². The molecular formula is C12H18N4O6. The molecule has 22 heavy (non-hydrogen) atoms. The zero-order valence-corrected chi connectivity index (χ0v) is 11.7. The van der Waals surface area contributed by atoms with E-state index in [9.17, 15) is 19.8 Å². The van der Waals surface area contributed by atoms with Gasteiger partial charge in [0.25, 0.3) is 11.8 Å². The third kappa shape index (κ3) is 4.43. The third-order valence-electron chi connectivity index (χ3n) is 2.77. The van der Waals surface area contributed by atoms with Crippen molar-refractivity contribution in [3.63, 3.8) is 0 Å². The quantitative estimate of drug-likeness (QED) is 0.326. The molecule has 2 atom stereocenters.